The number of benzene rings is 1. The van der Waals surface area contributed by atoms with Crippen LogP contribution in [-0.4, -0.2) is 24.9 Å². The van der Waals surface area contributed by atoms with Crippen molar-refractivity contribution >= 4 is 29.1 Å². The van der Waals surface area contributed by atoms with Crippen molar-refractivity contribution in [3.05, 3.63) is 28.8 Å². The van der Waals surface area contributed by atoms with Crippen molar-refractivity contribution in [2.45, 2.75) is 19.4 Å². The molecule has 0 fully saturated rings. The van der Waals surface area contributed by atoms with E-state index in [9.17, 15) is 9.59 Å². The molecule has 0 saturated carbocycles. The molecule has 0 aliphatic carbocycles. The lowest BCUT2D eigenvalue weighted by Crippen LogP contribution is -2.40. The van der Waals surface area contributed by atoms with E-state index in [0.29, 0.717) is 22.8 Å². The number of hydrogen-bond acceptors (Lipinski definition) is 3. The Labute approximate surface area is 116 Å². The lowest BCUT2D eigenvalue weighted by molar-refractivity contribution is -0.124. The smallest absolute Gasteiger partial charge is 0.249 e. The van der Waals surface area contributed by atoms with Crippen molar-refractivity contribution in [3.63, 3.8) is 0 Å². The summed E-state index contributed by atoms with van der Waals surface area (Å²) in [5.41, 5.74) is 7.17. The molecule has 1 aliphatic heterocycles. The van der Waals surface area contributed by atoms with Crippen LogP contribution in [0.25, 0.3) is 0 Å². The molecule has 1 aliphatic rings. The first-order valence-corrected chi connectivity index (χ1v) is 6.55. The molecule has 0 radical (unpaired) electrons. The fourth-order valence-corrected chi connectivity index (χ4v) is 2.25. The summed E-state index contributed by atoms with van der Waals surface area (Å²) in [6, 6.07) is 4.33. The molecule has 102 valence electrons. The van der Waals surface area contributed by atoms with Gasteiger partial charge in [-0.3, -0.25) is 9.59 Å². The van der Waals surface area contributed by atoms with Gasteiger partial charge < -0.3 is 16.0 Å². The maximum Gasteiger partial charge on any atom is 0.249 e. The maximum absolute atomic E-state index is 12.1. The molecule has 1 aromatic rings. The third kappa shape index (κ3) is 2.72. The number of halogens is 1. The Bertz CT molecular complexity index is 519. The molecule has 3 N–H and O–H groups in total. The zero-order valence-electron chi connectivity index (χ0n) is 10.6. The minimum atomic E-state index is -0.743. The molecule has 5 nitrogen and oxygen atoms in total. The molecule has 0 saturated heterocycles. The SMILES string of the molecule is CCCNC(=O)CN1C(=O)C(N)c2cc(Cl)ccc21. The summed E-state index contributed by atoms with van der Waals surface area (Å²) >= 11 is 5.89. The van der Waals surface area contributed by atoms with Crippen LogP contribution in [-0.2, 0) is 9.59 Å². The molecular weight excluding hydrogens is 266 g/mol. The minimum Gasteiger partial charge on any atom is -0.355 e. The highest BCUT2D eigenvalue weighted by Crippen LogP contribution is 2.35. The van der Waals surface area contributed by atoms with Crippen molar-refractivity contribution < 1.29 is 9.59 Å². The number of rotatable bonds is 4. The predicted molar refractivity (Wildman–Crippen MR) is 74.0 cm³/mol. The maximum atomic E-state index is 12.1. The molecular formula is C13H16ClN3O2. The summed E-state index contributed by atoms with van der Waals surface area (Å²) < 4.78 is 0. The molecule has 0 bridgehead atoms. The summed E-state index contributed by atoms with van der Waals surface area (Å²) in [6.07, 6.45) is 0.853. The van der Waals surface area contributed by atoms with Crippen LogP contribution in [0.2, 0.25) is 5.02 Å². The minimum absolute atomic E-state index is 0.0127. The number of hydrogen-bond donors (Lipinski definition) is 2. The molecule has 2 rings (SSSR count). The second-order valence-corrected chi connectivity index (χ2v) is 4.89. The van der Waals surface area contributed by atoms with Gasteiger partial charge in [-0.25, -0.2) is 0 Å². The molecule has 19 heavy (non-hydrogen) atoms. The van der Waals surface area contributed by atoms with Crippen LogP contribution in [0.4, 0.5) is 5.69 Å². The van der Waals surface area contributed by atoms with Crippen LogP contribution in [0, 0.1) is 0 Å². The van der Waals surface area contributed by atoms with Gasteiger partial charge in [0.1, 0.15) is 12.6 Å². The second-order valence-electron chi connectivity index (χ2n) is 4.46. The van der Waals surface area contributed by atoms with Gasteiger partial charge in [0, 0.05) is 22.8 Å². The highest BCUT2D eigenvalue weighted by atomic mass is 35.5. The van der Waals surface area contributed by atoms with Crippen LogP contribution < -0.4 is 16.0 Å². The van der Waals surface area contributed by atoms with Crippen molar-refractivity contribution in [1.29, 1.82) is 0 Å². The van der Waals surface area contributed by atoms with Crippen LogP contribution >= 0.6 is 11.6 Å². The van der Waals surface area contributed by atoms with E-state index in [-0.39, 0.29) is 18.4 Å². The van der Waals surface area contributed by atoms with E-state index in [1.807, 2.05) is 6.92 Å². The molecule has 1 atom stereocenters. The van der Waals surface area contributed by atoms with Crippen molar-refractivity contribution in [3.8, 4) is 0 Å². The first-order chi connectivity index (χ1) is 9.04. The van der Waals surface area contributed by atoms with E-state index in [4.69, 9.17) is 17.3 Å². The summed E-state index contributed by atoms with van der Waals surface area (Å²) in [6.45, 7) is 2.55. The largest absolute Gasteiger partial charge is 0.355 e. The van der Waals surface area contributed by atoms with Crippen molar-refractivity contribution in [2.24, 2.45) is 5.73 Å². The lowest BCUT2D eigenvalue weighted by atomic mass is 10.1. The van der Waals surface area contributed by atoms with Gasteiger partial charge in [0.05, 0.1) is 0 Å². The Hall–Kier alpha value is -1.59. The van der Waals surface area contributed by atoms with Gasteiger partial charge in [0.2, 0.25) is 11.8 Å². The number of nitrogens with one attached hydrogen (secondary N) is 1. The first kappa shape index (κ1) is 13.8. The average Bonchev–Trinajstić information content (AvgIpc) is 2.61. The number of carbonyl (C=O) groups is 2. The first-order valence-electron chi connectivity index (χ1n) is 6.17. The highest BCUT2D eigenvalue weighted by Gasteiger charge is 2.35. The van der Waals surface area contributed by atoms with Gasteiger partial charge in [0.15, 0.2) is 0 Å². The summed E-state index contributed by atoms with van der Waals surface area (Å²) in [5.74, 6) is -0.464. The van der Waals surface area contributed by atoms with E-state index in [0.717, 1.165) is 6.42 Å². The summed E-state index contributed by atoms with van der Waals surface area (Å²) in [4.78, 5) is 25.2. The summed E-state index contributed by atoms with van der Waals surface area (Å²) in [5, 5.41) is 3.26. The zero-order chi connectivity index (χ0) is 14.0. The number of amides is 2. The van der Waals surface area contributed by atoms with E-state index >= 15 is 0 Å². The normalized spacial score (nSPS) is 17.5. The number of carbonyl (C=O) groups excluding carboxylic acids is 2. The third-order valence-electron chi connectivity index (χ3n) is 3.02. The Morgan fingerprint density at radius 3 is 2.95 bits per heavy atom. The van der Waals surface area contributed by atoms with Gasteiger partial charge in [-0.2, -0.15) is 0 Å². The Morgan fingerprint density at radius 1 is 1.53 bits per heavy atom. The van der Waals surface area contributed by atoms with Crippen LogP contribution in [0.1, 0.15) is 24.9 Å². The van der Waals surface area contributed by atoms with Gasteiger partial charge in [0.25, 0.3) is 0 Å². The van der Waals surface area contributed by atoms with Gasteiger partial charge in [-0.05, 0) is 24.6 Å². The van der Waals surface area contributed by atoms with E-state index in [1.54, 1.807) is 18.2 Å². The fraction of sp³-hybridized carbons (Fsp3) is 0.385. The van der Waals surface area contributed by atoms with Gasteiger partial charge in [-0.15, -0.1) is 0 Å². The van der Waals surface area contributed by atoms with E-state index < -0.39 is 6.04 Å². The predicted octanol–water partition coefficient (Wildman–Crippen LogP) is 1.21. The number of anilines is 1. The third-order valence-corrected chi connectivity index (χ3v) is 3.26. The molecule has 1 aromatic carbocycles. The van der Waals surface area contributed by atoms with Crippen molar-refractivity contribution in [1.82, 2.24) is 5.32 Å². The Balaban J connectivity index is 2.19. The monoisotopic (exact) mass is 281 g/mol. The van der Waals surface area contributed by atoms with E-state index in [2.05, 4.69) is 5.32 Å². The lowest BCUT2D eigenvalue weighted by Gasteiger charge is -2.17. The molecule has 0 spiro atoms. The fourth-order valence-electron chi connectivity index (χ4n) is 2.07. The number of nitrogens with two attached hydrogens (primary N) is 1. The Morgan fingerprint density at radius 2 is 2.26 bits per heavy atom. The molecule has 1 heterocycles. The molecule has 1 unspecified atom stereocenters. The van der Waals surface area contributed by atoms with Gasteiger partial charge >= 0.3 is 0 Å². The number of nitrogens with zero attached hydrogens (tertiary/aromatic N) is 1. The molecule has 6 heteroatoms. The Kier molecular flexibility index (Phi) is 4.07. The van der Waals surface area contributed by atoms with E-state index in [1.165, 1.54) is 4.90 Å². The topological polar surface area (TPSA) is 75.4 Å². The highest BCUT2D eigenvalue weighted by molar-refractivity contribution is 6.31. The second kappa shape index (κ2) is 5.59. The van der Waals surface area contributed by atoms with Crippen molar-refractivity contribution in [2.75, 3.05) is 18.0 Å². The zero-order valence-corrected chi connectivity index (χ0v) is 11.4. The van der Waals surface area contributed by atoms with Crippen LogP contribution in [0.5, 0.6) is 0 Å². The molecule has 0 aromatic heterocycles. The van der Waals surface area contributed by atoms with Gasteiger partial charge in [-0.1, -0.05) is 18.5 Å². The number of fused-ring (bicyclic) bond motifs is 1. The average molecular weight is 282 g/mol. The van der Waals surface area contributed by atoms with Crippen LogP contribution in [0.15, 0.2) is 18.2 Å². The van der Waals surface area contributed by atoms with Crippen LogP contribution in [0.3, 0.4) is 0 Å². The quantitative estimate of drug-likeness (QED) is 0.871. The molecule has 2 amide bonds. The standard InChI is InChI=1S/C13H16ClN3O2/c1-2-5-16-11(18)7-17-10-4-3-8(14)6-9(10)12(15)13(17)19/h3-4,6,12H,2,5,7,15H2,1H3,(H,16,18). The summed E-state index contributed by atoms with van der Waals surface area (Å²) in [7, 11) is 0.